The van der Waals surface area contributed by atoms with Crippen molar-refractivity contribution in [2.24, 2.45) is 18.7 Å². The Bertz CT molecular complexity index is 1240. The number of anilines is 1. The van der Waals surface area contributed by atoms with Gasteiger partial charge in [0.2, 0.25) is 5.91 Å². The molecular formula is C24H26N6O2. The molecule has 8 heteroatoms. The summed E-state index contributed by atoms with van der Waals surface area (Å²) < 4.78 is 2.06. The molecule has 0 unspecified atom stereocenters. The molecule has 2 amide bonds. The summed E-state index contributed by atoms with van der Waals surface area (Å²) in [4.78, 5) is 34.5. The van der Waals surface area contributed by atoms with Crippen LogP contribution in [0.15, 0.2) is 42.7 Å². The molecule has 1 saturated carbocycles. The molecule has 5 rings (SSSR count). The van der Waals surface area contributed by atoms with Gasteiger partial charge in [0, 0.05) is 42.9 Å². The highest BCUT2D eigenvalue weighted by atomic mass is 16.2. The lowest BCUT2D eigenvalue weighted by Gasteiger charge is -2.15. The van der Waals surface area contributed by atoms with Crippen molar-refractivity contribution in [1.29, 1.82) is 0 Å². The van der Waals surface area contributed by atoms with Gasteiger partial charge in [-0.1, -0.05) is 18.2 Å². The number of allylic oxidation sites excluding steroid dienone is 1. The third kappa shape index (κ3) is 3.41. The maximum Gasteiger partial charge on any atom is 0.253 e. The second kappa shape index (κ2) is 7.78. The molecule has 3 heterocycles. The number of amides is 2. The van der Waals surface area contributed by atoms with E-state index in [9.17, 15) is 9.59 Å². The zero-order valence-corrected chi connectivity index (χ0v) is 18.0. The minimum absolute atomic E-state index is 0.0777. The Labute approximate surface area is 185 Å². The maximum atomic E-state index is 12.8. The first kappa shape index (κ1) is 20.2. The lowest BCUT2D eigenvalue weighted by molar-refractivity contribution is -0.113. The standard InChI is InChI=1S/C24H26N6O2/c1-29-21(17-12-16(17)8-9-18(25)31)19(20-22(26)27-13-28-23(20)29)14-4-6-15(7-5-14)24(32)30-10-2-3-11-30/h4-9,13,16-17H,2-3,10-12H2,1H3,(H2,25,31)(H2,26,27,28)/t16-,17+/m0/s1. The van der Waals surface area contributed by atoms with Gasteiger partial charge in [-0.05, 0) is 49.0 Å². The fraction of sp³-hybridized carbons (Fsp3) is 0.333. The van der Waals surface area contributed by atoms with Gasteiger partial charge in [-0.25, -0.2) is 9.97 Å². The number of rotatable bonds is 5. The lowest BCUT2D eigenvalue weighted by atomic mass is 9.98. The first-order chi connectivity index (χ1) is 15.5. The summed E-state index contributed by atoms with van der Waals surface area (Å²) >= 11 is 0. The fourth-order valence-electron chi connectivity index (χ4n) is 4.86. The van der Waals surface area contributed by atoms with Crippen LogP contribution in [0.1, 0.15) is 41.2 Å². The van der Waals surface area contributed by atoms with Crippen LogP contribution in [0.5, 0.6) is 0 Å². The van der Waals surface area contributed by atoms with Crippen molar-refractivity contribution < 1.29 is 9.59 Å². The molecule has 2 fully saturated rings. The van der Waals surface area contributed by atoms with Gasteiger partial charge in [0.1, 0.15) is 17.8 Å². The Morgan fingerprint density at radius 2 is 1.84 bits per heavy atom. The topological polar surface area (TPSA) is 120 Å². The van der Waals surface area contributed by atoms with Crippen molar-refractivity contribution >= 4 is 28.7 Å². The van der Waals surface area contributed by atoms with Crippen molar-refractivity contribution in [3.05, 3.63) is 54.0 Å². The van der Waals surface area contributed by atoms with Crippen LogP contribution >= 0.6 is 0 Å². The van der Waals surface area contributed by atoms with Crippen molar-refractivity contribution in [1.82, 2.24) is 19.4 Å². The third-order valence-electron chi connectivity index (χ3n) is 6.55. The number of carbonyl (C=O) groups is 2. The molecule has 1 aliphatic heterocycles. The molecule has 1 saturated heterocycles. The first-order valence-corrected chi connectivity index (χ1v) is 10.9. The highest BCUT2D eigenvalue weighted by Crippen LogP contribution is 2.53. The van der Waals surface area contributed by atoms with Gasteiger partial charge >= 0.3 is 0 Å². The number of aryl methyl sites for hydroxylation is 1. The normalized spacial score (nSPS) is 20.3. The molecule has 2 aliphatic rings. The molecule has 1 aromatic carbocycles. The Kier molecular flexibility index (Phi) is 4.92. The second-order valence-electron chi connectivity index (χ2n) is 8.62. The number of carbonyl (C=O) groups excluding carboxylic acids is 2. The van der Waals surface area contributed by atoms with E-state index in [-0.39, 0.29) is 17.7 Å². The SMILES string of the molecule is Cn1c([C@@H]2C[C@@H]2C=CC(N)=O)c(-c2ccc(C(=O)N3CCCC3)cc2)c2c(N)ncnc21. The zero-order chi connectivity index (χ0) is 22.4. The molecule has 8 nitrogen and oxygen atoms in total. The van der Waals surface area contributed by atoms with Gasteiger partial charge in [0.15, 0.2) is 0 Å². The molecule has 0 spiro atoms. The van der Waals surface area contributed by atoms with E-state index in [1.165, 1.54) is 12.4 Å². The summed E-state index contributed by atoms with van der Waals surface area (Å²) in [6.07, 6.45) is 7.83. The van der Waals surface area contributed by atoms with Gasteiger partial charge in [-0.3, -0.25) is 9.59 Å². The summed E-state index contributed by atoms with van der Waals surface area (Å²) in [7, 11) is 1.98. The Morgan fingerprint density at radius 1 is 1.12 bits per heavy atom. The monoisotopic (exact) mass is 430 g/mol. The smallest absolute Gasteiger partial charge is 0.253 e. The molecule has 1 aliphatic carbocycles. The molecule has 2 aromatic heterocycles. The summed E-state index contributed by atoms with van der Waals surface area (Å²) in [5, 5.41) is 0.813. The number of hydrogen-bond acceptors (Lipinski definition) is 5. The Hall–Kier alpha value is -3.68. The van der Waals surface area contributed by atoms with Crippen LogP contribution in [0.3, 0.4) is 0 Å². The van der Waals surface area contributed by atoms with Gasteiger partial charge in [0.05, 0.1) is 5.39 Å². The van der Waals surface area contributed by atoms with Gasteiger partial charge < -0.3 is 20.9 Å². The largest absolute Gasteiger partial charge is 0.383 e. The Morgan fingerprint density at radius 3 is 2.53 bits per heavy atom. The quantitative estimate of drug-likeness (QED) is 0.603. The summed E-state index contributed by atoms with van der Waals surface area (Å²) in [6.45, 7) is 1.65. The molecule has 32 heavy (non-hydrogen) atoms. The summed E-state index contributed by atoms with van der Waals surface area (Å²) in [5.41, 5.74) is 16.1. The van der Waals surface area contributed by atoms with E-state index < -0.39 is 5.91 Å². The number of benzene rings is 1. The highest BCUT2D eigenvalue weighted by molar-refractivity contribution is 6.03. The van der Waals surface area contributed by atoms with E-state index in [1.54, 1.807) is 0 Å². The van der Waals surface area contributed by atoms with E-state index in [0.717, 1.165) is 60.2 Å². The third-order valence-corrected chi connectivity index (χ3v) is 6.55. The van der Waals surface area contributed by atoms with Crippen LogP contribution in [-0.4, -0.2) is 44.3 Å². The number of fused-ring (bicyclic) bond motifs is 1. The van der Waals surface area contributed by atoms with E-state index >= 15 is 0 Å². The maximum absolute atomic E-state index is 12.8. The van der Waals surface area contributed by atoms with E-state index in [4.69, 9.17) is 11.5 Å². The average molecular weight is 431 g/mol. The second-order valence-corrected chi connectivity index (χ2v) is 8.62. The predicted octanol–water partition coefficient (Wildman–Crippen LogP) is 2.60. The highest BCUT2D eigenvalue weighted by Gasteiger charge is 2.41. The van der Waals surface area contributed by atoms with Crippen LogP contribution in [0.2, 0.25) is 0 Å². The van der Waals surface area contributed by atoms with Gasteiger partial charge in [0.25, 0.3) is 5.91 Å². The first-order valence-electron chi connectivity index (χ1n) is 10.9. The number of nitrogens with two attached hydrogens (primary N) is 2. The van der Waals surface area contributed by atoms with E-state index in [0.29, 0.717) is 11.4 Å². The van der Waals surface area contributed by atoms with Crippen LogP contribution < -0.4 is 11.5 Å². The zero-order valence-electron chi connectivity index (χ0n) is 18.0. The van der Waals surface area contributed by atoms with Crippen LogP contribution in [-0.2, 0) is 11.8 Å². The van der Waals surface area contributed by atoms with Crippen LogP contribution in [0.25, 0.3) is 22.2 Å². The van der Waals surface area contributed by atoms with Crippen molar-refractivity contribution in [2.75, 3.05) is 18.8 Å². The summed E-state index contributed by atoms with van der Waals surface area (Å²) in [6, 6.07) is 7.72. The number of hydrogen-bond donors (Lipinski definition) is 2. The molecule has 3 aromatic rings. The van der Waals surface area contributed by atoms with Gasteiger partial charge in [-0.15, -0.1) is 0 Å². The molecule has 0 bridgehead atoms. The van der Waals surface area contributed by atoms with Crippen molar-refractivity contribution in [3.8, 4) is 11.1 Å². The minimum atomic E-state index is -0.443. The molecule has 0 radical (unpaired) electrons. The molecule has 2 atom stereocenters. The van der Waals surface area contributed by atoms with E-state index in [1.807, 2.05) is 42.3 Å². The number of primary amides is 1. The van der Waals surface area contributed by atoms with E-state index in [2.05, 4.69) is 14.5 Å². The molecule has 4 N–H and O–H groups in total. The lowest BCUT2D eigenvalue weighted by Crippen LogP contribution is -2.27. The minimum Gasteiger partial charge on any atom is -0.383 e. The number of likely N-dealkylation sites (tertiary alicyclic amines) is 1. The summed E-state index contributed by atoms with van der Waals surface area (Å²) in [5.74, 6) is 0.517. The van der Waals surface area contributed by atoms with Crippen molar-refractivity contribution in [2.45, 2.75) is 25.2 Å². The van der Waals surface area contributed by atoms with Crippen LogP contribution in [0, 0.1) is 5.92 Å². The Balaban J connectivity index is 1.57. The number of nitrogens with zero attached hydrogens (tertiary/aromatic N) is 4. The average Bonchev–Trinajstić information content (AvgIpc) is 3.19. The number of aromatic nitrogens is 3. The molecular weight excluding hydrogens is 404 g/mol. The predicted molar refractivity (Wildman–Crippen MR) is 123 cm³/mol. The molecule has 164 valence electrons. The fourth-order valence-corrected chi connectivity index (χ4v) is 4.86. The van der Waals surface area contributed by atoms with Crippen LogP contribution in [0.4, 0.5) is 5.82 Å². The van der Waals surface area contributed by atoms with Gasteiger partial charge in [-0.2, -0.15) is 0 Å². The van der Waals surface area contributed by atoms with Crippen molar-refractivity contribution in [3.63, 3.8) is 0 Å². The number of nitrogen functional groups attached to an aromatic ring is 1.